The van der Waals surface area contributed by atoms with Gasteiger partial charge in [-0.05, 0) is 41.4 Å². The van der Waals surface area contributed by atoms with Crippen LogP contribution in [0.15, 0.2) is 9.85 Å². The second-order valence-corrected chi connectivity index (χ2v) is 5.86. The summed E-state index contributed by atoms with van der Waals surface area (Å²) in [6.07, 6.45) is 0. The van der Waals surface area contributed by atoms with Crippen LogP contribution in [0.2, 0.25) is 0 Å². The van der Waals surface area contributed by atoms with Crippen molar-refractivity contribution >= 4 is 27.3 Å². The average Bonchev–Trinajstić information content (AvgIpc) is 2.44. The van der Waals surface area contributed by atoms with Gasteiger partial charge in [0.25, 0.3) is 0 Å². The van der Waals surface area contributed by atoms with Gasteiger partial charge in [0, 0.05) is 24.6 Å². The van der Waals surface area contributed by atoms with Crippen molar-refractivity contribution in [2.75, 3.05) is 13.7 Å². The van der Waals surface area contributed by atoms with Crippen LogP contribution < -0.4 is 5.32 Å². The van der Waals surface area contributed by atoms with Crippen molar-refractivity contribution < 1.29 is 4.74 Å². The molecule has 80 valence electrons. The van der Waals surface area contributed by atoms with E-state index in [9.17, 15) is 0 Å². The number of ether oxygens (including phenoxy) is 1. The number of hydrogen-bond donors (Lipinski definition) is 1. The number of methoxy groups -OCH3 is 1. The molecule has 0 radical (unpaired) electrons. The molecular weight excluding hydrogens is 262 g/mol. The molecule has 0 fully saturated rings. The van der Waals surface area contributed by atoms with Crippen molar-refractivity contribution in [3.05, 3.63) is 20.3 Å². The molecule has 0 spiro atoms. The fraction of sp³-hybridized carbons (Fsp3) is 0.600. The molecule has 2 nitrogen and oxygen atoms in total. The monoisotopic (exact) mass is 277 g/mol. The third kappa shape index (κ3) is 3.69. The van der Waals surface area contributed by atoms with Crippen LogP contribution >= 0.6 is 27.3 Å². The lowest BCUT2D eigenvalue weighted by molar-refractivity contribution is 0.172. The third-order valence-corrected chi connectivity index (χ3v) is 4.09. The average molecular weight is 278 g/mol. The Hall–Kier alpha value is 0.1000. The first-order valence-electron chi connectivity index (χ1n) is 4.60. The number of aryl methyl sites for hydroxylation is 1. The van der Waals surface area contributed by atoms with E-state index in [1.165, 1.54) is 14.2 Å². The molecule has 1 atom stereocenters. The standard InChI is InChI=1S/C10H16BrNOS/c1-7-4-9(14-10(7)11)5-12-8(2)6-13-3/h4,8,12H,5-6H2,1-3H3. The van der Waals surface area contributed by atoms with Crippen molar-refractivity contribution in [1.29, 1.82) is 0 Å². The molecule has 0 saturated carbocycles. The third-order valence-electron chi connectivity index (χ3n) is 1.95. The number of halogens is 1. The van der Waals surface area contributed by atoms with Crippen LogP contribution in [0.4, 0.5) is 0 Å². The zero-order valence-corrected chi connectivity index (χ0v) is 11.2. The number of hydrogen-bond acceptors (Lipinski definition) is 3. The van der Waals surface area contributed by atoms with Crippen molar-refractivity contribution in [2.45, 2.75) is 26.4 Å². The molecule has 14 heavy (non-hydrogen) atoms. The molecular formula is C10H16BrNOS. The summed E-state index contributed by atoms with van der Waals surface area (Å²) in [5.41, 5.74) is 1.31. The summed E-state index contributed by atoms with van der Waals surface area (Å²) in [4.78, 5) is 1.36. The highest BCUT2D eigenvalue weighted by Gasteiger charge is 2.04. The maximum absolute atomic E-state index is 5.05. The van der Waals surface area contributed by atoms with Gasteiger partial charge >= 0.3 is 0 Å². The summed E-state index contributed by atoms with van der Waals surface area (Å²) in [5, 5.41) is 3.40. The largest absolute Gasteiger partial charge is 0.383 e. The Kier molecular flexibility index (Phi) is 5.09. The molecule has 0 bridgehead atoms. The number of nitrogens with one attached hydrogen (secondary N) is 1. The van der Waals surface area contributed by atoms with Gasteiger partial charge in [-0.2, -0.15) is 0 Å². The number of rotatable bonds is 5. The van der Waals surface area contributed by atoms with Gasteiger partial charge in [-0.1, -0.05) is 0 Å². The van der Waals surface area contributed by atoms with Crippen molar-refractivity contribution in [3.8, 4) is 0 Å². The van der Waals surface area contributed by atoms with Gasteiger partial charge in [-0.25, -0.2) is 0 Å². The fourth-order valence-corrected chi connectivity index (χ4v) is 2.77. The summed E-state index contributed by atoms with van der Waals surface area (Å²) in [6, 6.07) is 2.61. The second-order valence-electron chi connectivity index (χ2n) is 3.41. The van der Waals surface area contributed by atoms with Crippen molar-refractivity contribution in [3.63, 3.8) is 0 Å². The highest BCUT2D eigenvalue weighted by atomic mass is 79.9. The first-order valence-corrected chi connectivity index (χ1v) is 6.21. The Labute approximate surface area is 97.8 Å². The second kappa shape index (κ2) is 5.85. The smallest absolute Gasteiger partial charge is 0.0730 e. The zero-order valence-electron chi connectivity index (χ0n) is 8.76. The van der Waals surface area contributed by atoms with Crippen LogP contribution in [0.1, 0.15) is 17.4 Å². The van der Waals surface area contributed by atoms with E-state index in [1.54, 1.807) is 18.4 Å². The normalized spacial score (nSPS) is 13.1. The van der Waals surface area contributed by atoms with E-state index < -0.39 is 0 Å². The Bertz CT molecular complexity index is 268. The van der Waals surface area contributed by atoms with Gasteiger partial charge in [-0.15, -0.1) is 11.3 Å². The minimum Gasteiger partial charge on any atom is -0.383 e. The highest BCUT2D eigenvalue weighted by molar-refractivity contribution is 9.11. The minimum atomic E-state index is 0.404. The molecule has 1 rings (SSSR count). The van der Waals surface area contributed by atoms with Crippen LogP contribution in [-0.4, -0.2) is 19.8 Å². The summed E-state index contributed by atoms with van der Waals surface area (Å²) in [6.45, 7) is 5.91. The van der Waals surface area contributed by atoms with Crippen LogP contribution in [-0.2, 0) is 11.3 Å². The van der Waals surface area contributed by atoms with E-state index in [2.05, 4.69) is 41.2 Å². The molecule has 1 heterocycles. The molecule has 1 N–H and O–H groups in total. The summed E-state index contributed by atoms with van der Waals surface area (Å²) < 4.78 is 6.28. The summed E-state index contributed by atoms with van der Waals surface area (Å²) in [7, 11) is 1.73. The van der Waals surface area contributed by atoms with Crippen molar-refractivity contribution in [2.24, 2.45) is 0 Å². The summed E-state index contributed by atoms with van der Waals surface area (Å²) >= 11 is 5.31. The van der Waals surface area contributed by atoms with Gasteiger partial charge in [-0.3, -0.25) is 0 Å². The van der Waals surface area contributed by atoms with Gasteiger partial charge in [0.05, 0.1) is 10.4 Å². The first-order chi connectivity index (χ1) is 6.63. The van der Waals surface area contributed by atoms with Gasteiger partial charge in [0.1, 0.15) is 0 Å². The van der Waals surface area contributed by atoms with Crippen LogP contribution in [0.3, 0.4) is 0 Å². The Morgan fingerprint density at radius 3 is 2.86 bits per heavy atom. The Balaban J connectivity index is 2.38. The van der Waals surface area contributed by atoms with Gasteiger partial charge < -0.3 is 10.1 Å². The molecule has 0 aromatic carbocycles. The lowest BCUT2D eigenvalue weighted by Gasteiger charge is -2.11. The molecule has 0 saturated heterocycles. The van der Waals surface area contributed by atoms with E-state index >= 15 is 0 Å². The van der Waals surface area contributed by atoms with E-state index in [-0.39, 0.29) is 0 Å². The Morgan fingerprint density at radius 1 is 1.64 bits per heavy atom. The van der Waals surface area contributed by atoms with E-state index in [0.29, 0.717) is 6.04 Å². The summed E-state index contributed by atoms with van der Waals surface area (Å²) in [5.74, 6) is 0. The van der Waals surface area contributed by atoms with Gasteiger partial charge in [0.15, 0.2) is 0 Å². The quantitative estimate of drug-likeness (QED) is 0.894. The highest BCUT2D eigenvalue weighted by Crippen LogP contribution is 2.27. The minimum absolute atomic E-state index is 0.404. The van der Waals surface area contributed by atoms with E-state index in [0.717, 1.165) is 13.2 Å². The van der Waals surface area contributed by atoms with Crippen LogP contribution in [0, 0.1) is 6.92 Å². The Morgan fingerprint density at radius 2 is 2.36 bits per heavy atom. The van der Waals surface area contributed by atoms with Gasteiger partial charge in [0.2, 0.25) is 0 Å². The molecule has 0 aliphatic rings. The van der Waals surface area contributed by atoms with Crippen molar-refractivity contribution in [1.82, 2.24) is 5.32 Å². The molecule has 1 aromatic heterocycles. The molecule has 1 aromatic rings. The molecule has 0 amide bonds. The zero-order chi connectivity index (χ0) is 10.6. The number of thiophene rings is 1. The topological polar surface area (TPSA) is 21.3 Å². The van der Waals surface area contributed by atoms with Crippen LogP contribution in [0.25, 0.3) is 0 Å². The lowest BCUT2D eigenvalue weighted by atomic mass is 10.3. The molecule has 0 aliphatic heterocycles. The maximum Gasteiger partial charge on any atom is 0.0730 e. The molecule has 0 aliphatic carbocycles. The van der Waals surface area contributed by atoms with Crippen LogP contribution in [0.5, 0.6) is 0 Å². The SMILES string of the molecule is COCC(C)NCc1cc(C)c(Br)s1. The predicted octanol–water partition coefficient (Wildman–Crippen LogP) is 2.94. The fourth-order valence-electron chi connectivity index (χ4n) is 1.19. The predicted molar refractivity (Wildman–Crippen MR) is 64.9 cm³/mol. The maximum atomic E-state index is 5.05. The molecule has 4 heteroatoms. The molecule has 1 unspecified atom stereocenters. The first kappa shape index (κ1) is 12.2. The van der Waals surface area contributed by atoms with E-state index in [4.69, 9.17) is 4.74 Å². The lowest BCUT2D eigenvalue weighted by Crippen LogP contribution is -2.29. The van der Waals surface area contributed by atoms with E-state index in [1.807, 2.05) is 0 Å².